The number of benzene rings is 8. The lowest BCUT2D eigenvalue weighted by atomic mass is 9.91. The first-order chi connectivity index (χ1) is 25.8. The first-order valence-corrected chi connectivity index (χ1v) is 18.5. The molecule has 2 heteroatoms. The molecule has 1 aliphatic rings. The topological polar surface area (TPSA) is 18.1 Å². The monoisotopic (exact) mass is 667 g/mol. The third-order valence-electron chi connectivity index (χ3n) is 10.9. The second-order valence-electron chi connectivity index (χ2n) is 13.6. The lowest BCUT2D eigenvalue weighted by molar-refractivity contribution is 0.548. The van der Waals surface area contributed by atoms with Crippen LogP contribution in [0.4, 0.5) is 0 Å². The van der Waals surface area contributed by atoms with E-state index >= 15 is 0 Å². The zero-order chi connectivity index (χ0) is 34.8. The highest BCUT2D eigenvalue weighted by Gasteiger charge is 2.20. The molecule has 0 amide bonds. The Morgan fingerprint density at radius 1 is 0.423 bits per heavy atom. The maximum absolute atomic E-state index is 6.22. The van der Waals surface area contributed by atoms with E-state index in [9.17, 15) is 0 Å². The lowest BCUT2D eigenvalue weighted by Crippen LogP contribution is -1.98. The van der Waals surface area contributed by atoms with E-state index < -0.39 is 0 Å². The van der Waals surface area contributed by atoms with Gasteiger partial charge < -0.3 is 8.98 Å². The Kier molecular flexibility index (Phi) is 7.11. The highest BCUT2D eigenvalue weighted by atomic mass is 16.3. The number of hydrogen-bond acceptors (Lipinski definition) is 1. The van der Waals surface area contributed by atoms with Gasteiger partial charge in [0.05, 0.1) is 11.0 Å². The number of aromatic nitrogens is 1. The van der Waals surface area contributed by atoms with Crippen LogP contribution in [0, 0.1) is 0 Å². The highest BCUT2D eigenvalue weighted by molar-refractivity contribution is 6.25. The number of fused-ring (bicyclic) bond motifs is 12. The van der Waals surface area contributed by atoms with E-state index in [0.717, 1.165) is 29.9 Å². The predicted molar refractivity (Wildman–Crippen MR) is 222 cm³/mol. The summed E-state index contributed by atoms with van der Waals surface area (Å²) in [6, 6.07) is 57.8. The largest absolute Gasteiger partial charge is 0.460 e. The molecule has 0 saturated heterocycles. The summed E-state index contributed by atoms with van der Waals surface area (Å²) < 4.78 is 8.67. The van der Waals surface area contributed by atoms with E-state index in [2.05, 4.69) is 162 Å². The maximum Gasteiger partial charge on any atom is 0.134 e. The van der Waals surface area contributed by atoms with E-state index in [1.807, 2.05) is 19.9 Å². The Balaban J connectivity index is 0.00000166. The van der Waals surface area contributed by atoms with E-state index in [0.29, 0.717) is 0 Å². The minimum Gasteiger partial charge on any atom is -0.460 e. The van der Waals surface area contributed by atoms with Gasteiger partial charge in [0, 0.05) is 33.8 Å². The van der Waals surface area contributed by atoms with Crippen LogP contribution in [-0.2, 0) is 6.42 Å². The molecule has 0 atom stereocenters. The molecule has 0 bridgehead atoms. The number of para-hydroxylation sites is 2. The molecule has 0 spiro atoms. The molecule has 0 aliphatic heterocycles. The van der Waals surface area contributed by atoms with Crippen molar-refractivity contribution in [3.63, 3.8) is 0 Å². The van der Waals surface area contributed by atoms with Crippen molar-refractivity contribution >= 4 is 76.7 Å². The van der Waals surface area contributed by atoms with Gasteiger partial charge in [0.25, 0.3) is 0 Å². The summed E-state index contributed by atoms with van der Waals surface area (Å²) in [5, 5.41) is 11.5. The molecule has 8 aromatic carbocycles. The molecule has 2 aromatic heterocycles. The van der Waals surface area contributed by atoms with Gasteiger partial charge in [-0.25, -0.2) is 0 Å². The molecular weight excluding hydrogens is 631 g/mol. The second kappa shape index (κ2) is 12.1. The average molecular weight is 668 g/mol. The Morgan fingerprint density at radius 2 is 1.00 bits per heavy atom. The van der Waals surface area contributed by atoms with Crippen molar-refractivity contribution in [2.45, 2.75) is 26.7 Å². The first kappa shape index (κ1) is 30.4. The van der Waals surface area contributed by atoms with Gasteiger partial charge >= 0.3 is 0 Å². The summed E-state index contributed by atoms with van der Waals surface area (Å²) in [7, 11) is 0. The summed E-state index contributed by atoms with van der Waals surface area (Å²) in [6.45, 7) is 4.00. The summed E-state index contributed by atoms with van der Waals surface area (Å²) >= 11 is 0. The van der Waals surface area contributed by atoms with Crippen LogP contribution < -0.4 is 0 Å². The SMILES string of the molecule is C1=C(c2ccc3c4ccccc4n(-c4cccc(-c5ccc6c7ccccc7c7ccccc7c6c5)c4)c3c2)CCc2oc3ccccc3c21.CC. The fraction of sp³-hybridized carbons (Fsp3) is 0.0800. The molecule has 0 unspecified atom stereocenters. The number of nitrogens with zero attached hydrogens (tertiary/aromatic N) is 1. The van der Waals surface area contributed by atoms with Gasteiger partial charge in [-0.3, -0.25) is 0 Å². The second-order valence-corrected chi connectivity index (χ2v) is 13.6. The fourth-order valence-corrected chi connectivity index (χ4v) is 8.54. The molecular formula is C50H37NO. The number of hydrogen-bond donors (Lipinski definition) is 0. The maximum atomic E-state index is 6.22. The molecule has 248 valence electrons. The summed E-state index contributed by atoms with van der Waals surface area (Å²) in [5.41, 5.74) is 10.8. The van der Waals surface area contributed by atoms with Crippen LogP contribution in [0.15, 0.2) is 162 Å². The zero-order valence-electron chi connectivity index (χ0n) is 29.4. The van der Waals surface area contributed by atoms with Crippen LogP contribution >= 0.6 is 0 Å². The van der Waals surface area contributed by atoms with Crippen molar-refractivity contribution in [1.29, 1.82) is 0 Å². The van der Waals surface area contributed by atoms with Gasteiger partial charge in [-0.2, -0.15) is 0 Å². The van der Waals surface area contributed by atoms with Gasteiger partial charge in [-0.05, 0) is 103 Å². The Bertz CT molecular complexity index is 3010. The predicted octanol–water partition coefficient (Wildman–Crippen LogP) is 14.2. The summed E-state index contributed by atoms with van der Waals surface area (Å²) in [4.78, 5) is 0. The minimum atomic E-state index is 0.912. The zero-order valence-corrected chi connectivity index (χ0v) is 29.4. The summed E-state index contributed by atoms with van der Waals surface area (Å²) in [6.07, 6.45) is 4.22. The standard InChI is InChI=1S/C48H31NO.C2H6/c1-2-14-37-35(12-1)36-13-3-4-15-38(36)43-27-31(20-23-39(37)43)30-10-9-11-34(26-30)49-45-18-7-5-16-40(45)41-24-21-33(29-46(41)49)32-22-25-48-44(28-32)42-17-6-8-19-47(42)50-48;1-2/h1-21,23-24,26-29H,22,25H2;1-2H3. The number of allylic oxidation sites excluding steroid dienone is 1. The highest BCUT2D eigenvalue weighted by Crippen LogP contribution is 2.41. The van der Waals surface area contributed by atoms with Gasteiger partial charge in [0.1, 0.15) is 11.3 Å². The van der Waals surface area contributed by atoms with E-state index in [1.165, 1.54) is 87.3 Å². The normalized spacial score (nSPS) is 12.8. The van der Waals surface area contributed by atoms with Crippen molar-refractivity contribution in [2.24, 2.45) is 0 Å². The first-order valence-electron chi connectivity index (χ1n) is 18.5. The van der Waals surface area contributed by atoms with Gasteiger partial charge in [-0.1, -0.05) is 135 Å². The molecule has 0 saturated carbocycles. The van der Waals surface area contributed by atoms with Gasteiger partial charge in [0.15, 0.2) is 0 Å². The lowest BCUT2D eigenvalue weighted by Gasteiger charge is -2.15. The molecule has 0 radical (unpaired) electrons. The van der Waals surface area contributed by atoms with Crippen molar-refractivity contribution in [3.8, 4) is 16.8 Å². The number of aryl methyl sites for hydroxylation is 1. The molecule has 0 N–H and O–H groups in total. The average Bonchev–Trinajstić information content (AvgIpc) is 3.76. The number of furan rings is 1. The fourth-order valence-electron chi connectivity index (χ4n) is 8.54. The third kappa shape index (κ3) is 4.64. The molecule has 52 heavy (non-hydrogen) atoms. The van der Waals surface area contributed by atoms with Crippen LogP contribution in [0.5, 0.6) is 0 Å². The van der Waals surface area contributed by atoms with Gasteiger partial charge in [-0.15, -0.1) is 0 Å². The van der Waals surface area contributed by atoms with Gasteiger partial charge in [0.2, 0.25) is 0 Å². The van der Waals surface area contributed by atoms with Crippen molar-refractivity contribution in [3.05, 3.63) is 175 Å². The van der Waals surface area contributed by atoms with Crippen LogP contribution in [0.25, 0.3) is 93.6 Å². The number of rotatable bonds is 3. The molecule has 2 heterocycles. The van der Waals surface area contributed by atoms with E-state index in [-0.39, 0.29) is 0 Å². The van der Waals surface area contributed by atoms with Crippen LogP contribution in [0.3, 0.4) is 0 Å². The van der Waals surface area contributed by atoms with Crippen molar-refractivity contribution in [2.75, 3.05) is 0 Å². The van der Waals surface area contributed by atoms with Crippen LogP contribution in [-0.4, -0.2) is 4.57 Å². The summed E-state index contributed by atoms with van der Waals surface area (Å²) in [5.74, 6) is 1.09. The Labute approximate surface area is 302 Å². The Morgan fingerprint density at radius 3 is 1.77 bits per heavy atom. The molecule has 2 nitrogen and oxygen atoms in total. The van der Waals surface area contributed by atoms with Crippen molar-refractivity contribution in [1.82, 2.24) is 4.57 Å². The van der Waals surface area contributed by atoms with E-state index in [4.69, 9.17) is 4.42 Å². The van der Waals surface area contributed by atoms with Crippen LogP contribution in [0.1, 0.15) is 37.2 Å². The van der Waals surface area contributed by atoms with Crippen molar-refractivity contribution < 1.29 is 4.42 Å². The third-order valence-corrected chi connectivity index (χ3v) is 10.9. The Hall–Kier alpha value is -6.38. The molecule has 11 rings (SSSR count). The van der Waals surface area contributed by atoms with Crippen LogP contribution in [0.2, 0.25) is 0 Å². The van der Waals surface area contributed by atoms with E-state index in [1.54, 1.807) is 0 Å². The molecule has 0 fully saturated rings. The molecule has 1 aliphatic carbocycles. The quantitative estimate of drug-likeness (QED) is 0.172. The smallest absolute Gasteiger partial charge is 0.134 e. The minimum absolute atomic E-state index is 0.912. The molecule has 10 aromatic rings.